The van der Waals surface area contributed by atoms with Gasteiger partial charge in [0.1, 0.15) is 0 Å². The fraction of sp³-hybridized carbons (Fsp3) is 0.731. The molecule has 0 aliphatic rings. The van der Waals surface area contributed by atoms with E-state index in [1.54, 1.807) is 6.07 Å². The number of carbonyl (C=O) groups excluding carboxylic acids is 1. The highest BCUT2D eigenvalue weighted by Gasteiger charge is 2.09. The molecule has 182 valence electrons. The van der Waals surface area contributed by atoms with E-state index in [0.717, 1.165) is 12.8 Å². The average Bonchev–Trinajstić information content (AvgIpc) is 2.77. The van der Waals surface area contributed by atoms with Crippen LogP contribution in [0.3, 0.4) is 0 Å². The molecule has 1 aromatic rings. The first-order valence-corrected chi connectivity index (χ1v) is 12.8. The number of hydrogen-bond acceptors (Lipinski definition) is 5. The molecule has 1 amide bonds. The minimum Gasteiger partial charge on any atom is -0.478 e. The third kappa shape index (κ3) is 14.8. The number of nitrogens with one attached hydrogen (secondary N) is 1. The summed E-state index contributed by atoms with van der Waals surface area (Å²) in [5, 5.41) is 2.76. The molecule has 0 fully saturated rings. The predicted octanol–water partition coefficient (Wildman–Crippen LogP) is 7.25. The van der Waals surface area contributed by atoms with Crippen molar-refractivity contribution in [2.45, 2.75) is 111 Å². The van der Waals surface area contributed by atoms with Crippen LogP contribution < -0.4 is 14.8 Å². The maximum absolute atomic E-state index is 12.2. The fourth-order valence-electron chi connectivity index (χ4n) is 3.45. The van der Waals surface area contributed by atoms with Gasteiger partial charge in [0.25, 0.3) is 0 Å². The first kappa shape index (κ1) is 27.9. The molecule has 1 rings (SSSR count). The Morgan fingerprint density at radius 2 is 1.28 bits per heavy atom. The molecule has 0 saturated carbocycles. The maximum Gasteiger partial charge on any atom is 0.236 e. The molecule has 1 N–H and O–H groups in total. The number of carbonyl (C=O) groups is 1. The minimum atomic E-state index is -0.0706. The van der Waals surface area contributed by atoms with Crippen LogP contribution in [0.4, 0.5) is 5.95 Å². The van der Waals surface area contributed by atoms with Crippen LogP contribution >= 0.6 is 0 Å². The summed E-state index contributed by atoms with van der Waals surface area (Å²) in [4.78, 5) is 20.6. The van der Waals surface area contributed by atoms with Crippen molar-refractivity contribution in [3.05, 3.63) is 18.2 Å². The molecule has 6 heteroatoms. The summed E-state index contributed by atoms with van der Waals surface area (Å²) in [6, 6.07) is 1.63. The summed E-state index contributed by atoms with van der Waals surface area (Å²) in [7, 11) is 0. The van der Waals surface area contributed by atoms with Crippen molar-refractivity contribution in [2.24, 2.45) is 0 Å². The van der Waals surface area contributed by atoms with Crippen LogP contribution in [-0.2, 0) is 4.79 Å². The standard InChI is InChI=1S/C26H45N3O3/c1-4-7-8-9-10-11-12-13-14-15-16-17-18-19-20-21-23(30)27-26-28-24(31-5-2)22-25(29-26)32-6-3/h13-14,22H,4-12,15-21H2,1-3H3,(H,27,28,29,30). The number of hydrogen-bond donors (Lipinski definition) is 1. The van der Waals surface area contributed by atoms with Gasteiger partial charge in [0.2, 0.25) is 23.6 Å². The molecule has 0 atom stereocenters. The van der Waals surface area contributed by atoms with Gasteiger partial charge >= 0.3 is 0 Å². The SMILES string of the molecule is CCCCCCCCC=CCCCCCCCC(=O)Nc1nc(OCC)cc(OCC)n1. The summed E-state index contributed by atoms with van der Waals surface area (Å²) in [6.07, 6.45) is 21.3. The largest absolute Gasteiger partial charge is 0.478 e. The van der Waals surface area contributed by atoms with E-state index in [0.29, 0.717) is 31.4 Å². The molecule has 1 heterocycles. The summed E-state index contributed by atoms with van der Waals surface area (Å²) in [6.45, 7) is 7.01. The molecule has 0 bridgehead atoms. The van der Waals surface area contributed by atoms with Gasteiger partial charge in [-0.05, 0) is 46.0 Å². The number of rotatable bonds is 20. The Kier molecular flexibility index (Phi) is 17.1. The van der Waals surface area contributed by atoms with Crippen LogP contribution in [0, 0.1) is 0 Å². The minimum absolute atomic E-state index is 0.0706. The lowest BCUT2D eigenvalue weighted by Crippen LogP contribution is -2.14. The lowest BCUT2D eigenvalue weighted by molar-refractivity contribution is -0.116. The lowest BCUT2D eigenvalue weighted by atomic mass is 10.1. The van der Waals surface area contributed by atoms with E-state index in [1.165, 1.54) is 70.6 Å². The van der Waals surface area contributed by atoms with Crippen LogP contribution in [0.15, 0.2) is 18.2 Å². The molecular formula is C26H45N3O3. The predicted molar refractivity (Wildman–Crippen MR) is 132 cm³/mol. The number of allylic oxidation sites excluding steroid dienone is 2. The number of nitrogens with zero attached hydrogens (tertiary/aromatic N) is 2. The van der Waals surface area contributed by atoms with Crippen molar-refractivity contribution in [1.82, 2.24) is 9.97 Å². The molecule has 1 aromatic heterocycles. The Balaban J connectivity index is 2.07. The maximum atomic E-state index is 12.2. The zero-order valence-corrected chi connectivity index (χ0v) is 20.7. The van der Waals surface area contributed by atoms with Crippen molar-refractivity contribution in [2.75, 3.05) is 18.5 Å². The molecule has 6 nitrogen and oxygen atoms in total. The smallest absolute Gasteiger partial charge is 0.236 e. The normalized spacial score (nSPS) is 11.1. The van der Waals surface area contributed by atoms with E-state index in [9.17, 15) is 4.79 Å². The molecule has 0 spiro atoms. The van der Waals surface area contributed by atoms with Crippen LogP contribution in [0.25, 0.3) is 0 Å². The highest BCUT2D eigenvalue weighted by atomic mass is 16.5. The van der Waals surface area contributed by atoms with E-state index < -0.39 is 0 Å². The van der Waals surface area contributed by atoms with E-state index >= 15 is 0 Å². The van der Waals surface area contributed by atoms with Crippen molar-refractivity contribution in [1.29, 1.82) is 0 Å². The Morgan fingerprint density at radius 1 is 0.781 bits per heavy atom. The van der Waals surface area contributed by atoms with E-state index in [2.05, 4.69) is 34.4 Å². The Morgan fingerprint density at radius 3 is 1.81 bits per heavy atom. The highest BCUT2D eigenvalue weighted by molar-refractivity contribution is 5.88. The second-order valence-corrected chi connectivity index (χ2v) is 8.12. The third-order valence-electron chi connectivity index (χ3n) is 5.18. The topological polar surface area (TPSA) is 73.3 Å². The second-order valence-electron chi connectivity index (χ2n) is 8.12. The monoisotopic (exact) mass is 447 g/mol. The van der Waals surface area contributed by atoms with Crippen LogP contribution in [0.5, 0.6) is 11.8 Å². The lowest BCUT2D eigenvalue weighted by Gasteiger charge is -2.09. The van der Waals surface area contributed by atoms with Gasteiger partial charge in [0.05, 0.1) is 19.3 Å². The van der Waals surface area contributed by atoms with Gasteiger partial charge < -0.3 is 9.47 Å². The second kappa shape index (κ2) is 19.6. The Labute approximate surface area is 195 Å². The van der Waals surface area contributed by atoms with Crippen molar-refractivity contribution in [3.63, 3.8) is 0 Å². The van der Waals surface area contributed by atoms with Gasteiger partial charge in [-0.15, -0.1) is 0 Å². The van der Waals surface area contributed by atoms with Gasteiger partial charge in [0, 0.05) is 6.42 Å². The van der Waals surface area contributed by atoms with E-state index in [-0.39, 0.29) is 11.9 Å². The first-order chi connectivity index (χ1) is 15.7. The number of unbranched alkanes of at least 4 members (excludes halogenated alkanes) is 11. The number of aromatic nitrogens is 2. The summed E-state index contributed by atoms with van der Waals surface area (Å²) in [5.74, 6) is 0.973. The molecule has 0 aromatic carbocycles. The third-order valence-corrected chi connectivity index (χ3v) is 5.18. The van der Waals surface area contributed by atoms with Gasteiger partial charge in [-0.3, -0.25) is 10.1 Å². The highest BCUT2D eigenvalue weighted by Crippen LogP contribution is 2.18. The number of amides is 1. The summed E-state index contributed by atoms with van der Waals surface area (Å²) >= 11 is 0. The van der Waals surface area contributed by atoms with Crippen LogP contribution in [-0.4, -0.2) is 29.1 Å². The van der Waals surface area contributed by atoms with Crippen molar-refractivity contribution in [3.8, 4) is 11.8 Å². The summed E-state index contributed by atoms with van der Waals surface area (Å²) in [5.41, 5.74) is 0. The quantitative estimate of drug-likeness (QED) is 0.168. The van der Waals surface area contributed by atoms with Gasteiger partial charge in [0.15, 0.2) is 0 Å². The van der Waals surface area contributed by atoms with Gasteiger partial charge in [-0.2, -0.15) is 9.97 Å². The molecule has 0 aliphatic heterocycles. The van der Waals surface area contributed by atoms with Crippen LogP contribution in [0.2, 0.25) is 0 Å². The average molecular weight is 448 g/mol. The molecular weight excluding hydrogens is 402 g/mol. The summed E-state index contributed by atoms with van der Waals surface area (Å²) < 4.78 is 10.8. The molecule has 0 saturated heterocycles. The Bertz CT molecular complexity index is 610. The fourth-order valence-corrected chi connectivity index (χ4v) is 3.45. The zero-order valence-electron chi connectivity index (χ0n) is 20.7. The van der Waals surface area contributed by atoms with Crippen molar-refractivity contribution < 1.29 is 14.3 Å². The van der Waals surface area contributed by atoms with Gasteiger partial charge in [-0.25, -0.2) is 0 Å². The first-order valence-electron chi connectivity index (χ1n) is 12.8. The zero-order chi connectivity index (χ0) is 23.3. The molecule has 0 unspecified atom stereocenters. The Hall–Kier alpha value is -2.11. The number of anilines is 1. The van der Waals surface area contributed by atoms with Crippen LogP contribution in [0.1, 0.15) is 111 Å². The number of ether oxygens (including phenoxy) is 2. The van der Waals surface area contributed by atoms with E-state index in [4.69, 9.17) is 9.47 Å². The molecule has 0 aliphatic carbocycles. The molecule has 0 radical (unpaired) electrons. The van der Waals surface area contributed by atoms with Gasteiger partial charge in [-0.1, -0.05) is 70.4 Å². The van der Waals surface area contributed by atoms with Crippen molar-refractivity contribution >= 4 is 11.9 Å². The molecule has 32 heavy (non-hydrogen) atoms. The van der Waals surface area contributed by atoms with E-state index in [1.807, 2.05) is 13.8 Å².